The third kappa shape index (κ3) is 3.71. The van der Waals surface area contributed by atoms with Crippen molar-refractivity contribution in [1.82, 2.24) is 14.9 Å². The van der Waals surface area contributed by atoms with E-state index in [1.807, 2.05) is 12.4 Å². The number of rotatable bonds is 4. The Hall–Kier alpha value is -1.65. The molecule has 0 saturated carbocycles. The van der Waals surface area contributed by atoms with Crippen LogP contribution in [0, 0.1) is 0 Å². The summed E-state index contributed by atoms with van der Waals surface area (Å²) in [5, 5.41) is 0. The van der Waals surface area contributed by atoms with E-state index in [1.165, 1.54) is 5.56 Å². The molecule has 5 heteroatoms. The maximum Gasteiger partial charge on any atom is 0.225 e. The van der Waals surface area contributed by atoms with Gasteiger partial charge >= 0.3 is 0 Å². The van der Waals surface area contributed by atoms with E-state index in [0.717, 1.165) is 44.2 Å². The number of anilines is 1. The predicted molar refractivity (Wildman–Crippen MR) is 85.5 cm³/mol. The molecule has 0 spiro atoms. The van der Waals surface area contributed by atoms with Crippen molar-refractivity contribution in [2.45, 2.75) is 12.4 Å². The highest BCUT2D eigenvalue weighted by Crippen LogP contribution is 2.13. The van der Waals surface area contributed by atoms with Crippen molar-refractivity contribution in [3.05, 3.63) is 53.9 Å². The number of halogens is 1. The summed E-state index contributed by atoms with van der Waals surface area (Å²) in [6.45, 7) is 5.02. The average Bonchev–Trinajstić information content (AvgIpc) is 2.57. The Morgan fingerprint density at radius 2 is 1.57 bits per heavy atom. The molecule has 0 aliphatic carbocycles. The highest BCUT2D eigenvalue weighted by Gasteiger charge is 2.18. The number of hydrogen-bond acceptors (Lipinski definition) is 4. The van der Waals surface area contributed by atoms with Gasteiger partial charge in [-0.3, -0.25) is 4.90 Å². The molecule has 1 aliphatic rings. The van der Waals surface area contributed by atoms with E-state index in [9.17, 15) is 0 Å². The number of aromatic nitrogens is 2. The van der Waals surface area contributed by atoms with Gasteiger partial charge in [0.1, 0.15) is 0 Å². The van der Waals surface area contributed by atoms with Crippen LogP contribution < -0.4 is 4.90 Å². The van der Waals surface area contributed by atoms with Gasteiger partial charge in [-0.2, -0.15) is 0 Å². The first-order valence-corrected chi connectivity index (χ1v) is 7.77. The fourth-order valence-corrected chi connectivity index (χ4v) is 2.67. The lowest BCUT2D eigenvalue weighted by Crippen LogP contribution is -2.46. The first kappa shape index (κ1) is 14.3. The summed E-state index contributed by atoms with van der Waals surface area (Å²) in [7, 11) is 0. The van der Waals surface area contributed by atoms with Crippen LogP contribution in [0.25, 0.3) is 0 Å². The van der Waals surface area contributed by atoms with Crippen LogP contribution in [-0.2, 0) is 12.4 Å². The van der Waals surface area contributed by atoms with Crippen LogP contribution in [0.3, 0.4) is 0 Å². The zero-order chi connectivity index (χ0) is 14.5. The molecule has 0 amide bonds. The van der Waals surface area contributed by atoms with E-state index >= 15 is 0 Å². The van der Waals surface area contributed by atoms with Crippen LogP contribution in [0.2, 0.25) is 0 Å². The molecule has 0 N–H and O–H groups in total. The lowest BCUT2D eigenvalue weighted by Gasteiger charge is -2.34. The first-order valence-electron chi connectivity index (χ1n) is 7.23. The zero-order valence-corrected chi connectivity index (χ0v) is 12.7. The summed E-state index contributed by atoms with van der Waals surface area (Å²) >= 11 is 5.76. The molecule has 4 nitrogen and oxygen atoms in total. The third-order valence-corrected chi connectivity index (χ3v) is 4.06. The number of piperazine rings is 1. The van der Waals surface area contributed by atoms with Gasteiger partial charge in [-0.05, 0) is 5.56 Å². The summed E-state index contributed by atoms with van der Waals surface area (Å²) in [6.07, 6.45) is 3.62. The molecule has 1 aromatic carbocycles. The zero-order valence-electron chi connectivity index (χ0n) is 12.0. The second kappa shape index (κ2) is 6.87. The minimum absolute atomic E-state index is 0.463. The van der Waals surface area contributed by atoms with E-state index < -0.39 is 0 Å². The Morgan fingerprint density at radius 3 is 2.19 bits per heavy atom. The maximum absolute atomic E-state index is 5.76. The lowest BCUT2D eigenvalue weighted by atomic mass is 10.2. The molecule has 1 aliphatic heterocycles. The minimum Gasteiger partial charge on any atom is -0.338 e. The van der Waals surface area contributed by atoms with Crippen LogP contribution in [0.5, 0.6) is 0 Å². The van der Waals surface area contributed by atoms with Gasteiger partial charge in [-0.1, -0.05) is 30.3 Å². The van der Waals surface area contributed by atoms with Crippen molar-refractivity contribution in [3.8, 4) is 0 Å². The Morgan fingerprint density at radius 1 is 0.905 bits per heavy atom. The number of nitrogens with zero attached hydrogens (tertiary/aromatic N) is 4. The molecule has 110 valence electrons. The third-order valence-electron chi connectivity index (χ3n) is 3.75. The van der Waals surface area contributed by atoms with Crippen molar-refractivity contribution in [2.75, 3.05) is 31.1 Å². The molecule has 0 unspecified atom stereocenters. The average molecular weight is 303 g/mol. The molecule has 1 aromatic heterocycles. The van der Waals surface area contributed by atoms with Gasteiger partial charge in [0.15, 0.2) is 0 Å². The molecule has 2 heterocycles. The molecule has 0 atom stereocenters. The molecule has 21 heavy (non-hydrogen) atoms. The van der Waals surface area contributed by atoms with Gasteiger partial charge < -0.3 is 4.90 Å². The van der Waals surface area contributed by atoms with Crippen LogP contribution in [0.4, 0.5) is 5.95 Å². The normalized spacial score (nSPS) is 16.1. The largest absolute Gasteiger partial charge is 0.338 e. The second-order valence-electron chi connectivity index (χ2n) is 5.27. The fourth-order valence-electron chi connectivity index (χ4n) is 2.53. The number of benzene rings is 1. The van der Waals surface area contributed by atoms with Crippen molar-refractivity contribution in [2.24, 2.45) is 0 Å². The van der Waals surface area contributed by atoms with Gasteiger partial charge in [0.25, 0.3) is 0 Å². The molecule has 3 rings (SSSR count). The summed E-state index contributed by atoms with van der Waals surface area (Å²) in [5.74, 6) is 1.27. The Bertz CT molecular complexity index is 550. The highest BCUT2D eigenvalue weighted by molar-refractivity contribution is 6.17. The van der Waals surface area contributed by atoms with Crippen molar-refractivity contribution < 1.29 is 0 Å². The predicted octanol–water partition coefficient (Wildman–Crippen LogP) is 2.54. The summed E-state index contributed by atoms with van der Waals surface area (Å²) in [6, 6.07) is 10.6. The smallest absolute Gasteiger partial charge is 0.225 e. The quantitative estimate of drug-likeness (QED) is 0.813. The van der Waals surface area contributed by atoms with Gasteiger partial charge in [0.05, 0.1) is 5.88 Å². The molecule has 0 radical (unpaired) electrons. The topological polar surface area (TPSA) is 32.3 Å². The van der Waals surface area contributed by atoms with Crippen LogP contribution >= 0.6 is 11.6 Å². The van der Waals surface area contributed by atoms with E-state index in [-0.39, 0.29) is 0 Å². The van der Waals surface area contributed by atoms with E-state index in [1.54, 1.807) is 0 Å². The van der Waals surface area contributed by atoms with E-state index in [0.29, 0.717) is 5.88 Å². The molecule has 1 saturated heterocycles. The van der Waals surface area contributed by atoms with E-state index in [4.69, 9.17) is 11.6 Å². The summed E-state index contributed by atoms with van der Waals surface area (Å²) in [4.78, 5) is 13.5. The number of alkyl halides is 1. The lowest BCUT2D eigenvalue weighted by molar-refractivity contribution is 0.248. The van der Waals surface area contributed by atoms with E-state index in [2.05, 4.69) is 50.1 Å². The maximum atomic E-state index is 5.76. The fraction of sp³-hybridized carbons (Fsp3) is 0.375. The summed E-state index contributed by atoms with van der Waals surface area (Å²) < 4.78 is 0. The molecular formula is C16H19ClN4. The standard InChI is InChI=1S/C16H19ClN4/c17-10-15-11-18-16(19-12-15)21-8-6-20(7-9-21)13-14-4-2-1-3-5-14/h1-5,11-12H,6-10,13H2. The first-order chi connectivity index (χ1) is 10.3. The van der Waals surface area contributed by atoms with Crippen LogP contribution in [0.15, 0.2) is 42.7 Å². The Balaban J connectivity index is 1.54. The molecule has 2 aromatic rings. The van der Waals surface area contributed by atoms with Crippen molar-refractivity contribution in [3.63, 3.8) is 0 Å². The highest BCUT2D eigenvalue weighted by atomic mass is 35.5. The SMILES string of the molecule is ClCc1cnc(N2CCN(Cc3ccccc3)CC2)nc1. The monoisotopic (exact) mass is 302 g/mol. The Kier molecular flexibility index (Phi) is 4.68. The van der Waals surface area contributed by atoms with Crippen molar-refractivity contribution in [1.29, 1.82) is 0 Å². The van der Waals surface area contributed by atoms with Gasteiger partial charge in [-0.15, -0.1) is 11.6 Å². The molecular weight excluding hydrogens is 284 g/mol. The van der Waals surface area contributed by atoms with Crippen molar-refractivity contribution >= 4 is 17.5 Å². The van der Waals surface area contributed by atoms with Gasteiger partial charge in [-0.25, -0.2) is 9.97 Å². The second-order valence-corrected chi connectivity index (χ2v) is 5.54. The van der Waals surface area contributed by atoms with Crippen LogP contribution in [0.1, 0.15) is 11.1 Å². The Labute approximate surface area is 130 Å². The van der Waals surface area contributed by atoms with Gasteiger partial charge in [0.2, 0.25) is 5.95 Å². The summed E-state index contributed by atoms with van der Waals surface area (Å²) in [5.41, 5.74) is 2.33. The number of hydrogen-bond donors (Lipinski definition) is 0. The molecule has 1 fully saturated rings. The van der Waals surface area contributed by atoms with Crippen LogP contribution in [-0.4, -0.2) is 41.0 Å². The minimum atomic E-state index is 0.463. The van der Waals surface area contributed by atoms with Gasteiger partial charge in [0, 0.05) is 50.7 Å². The molecule has 0 bridgehead atoms.